The maximum atomic E-state index is 12.4. The van der Waals surface area contributed by atoms with Gasteiger partial charge in [-0.1, -0.05) is 41.5 Å². The molecule has 0 saturated heterocycles. The molecule has 0 radical (unpaired) electrons. The molecule has 0 aliphatic rings. The van der Waals surface area contributed by atoms with Gasteiger partial charge >= 0.3 is 11.9 Å². The number of ether oxygens (including phenoxy) is 5. The van der Waals surface area contributed by atoms with E-state index in [0.717, 1.165) is 0 Å². The Kier molecular flexibility index (Phi) is 18.4. The van der Waals surface area contributed by atoms with Crippen molar-refractivity contribution in [3.8, 4) is 0 Å². The summed E-state index contributed by atoms with van der Waals surface area (Å²) >= 11 is 0. The number of carboxylic acid groups (broad SMARTS) is 1. The van der Waals surface area contributed by atoms with Crippen LogP contribution >= 0.6 is 0 Å². The molecule has 244 valence electrons. The molecule has 4 N–H and O–H groups in total. The lowest BCUT2D eigenvalue weighted by atomic mass is 9.70. The lowest BCUT2D eigenvalue weighted by Crippen LogP contribution is -2.51. The molecule has 0 aromatic carbocycles. The van der Waals surface area contributed by atoms with Crippen molar-refractivity contribution >= 4 is 11.9 Å². The number of rotatable bonds is 23. The highest BCUT2D eigenvalue weighted by atomic mass is 16.7. The van der Waals surface area contributed by atoms with Crippen LogP contribution in [0.2, 0.25) is 0 Å². The summed E-state index contributed by atoms with van der Waals surface area (Å²) in [5, 5.41) is 38.6. The predicted octanol–water partition coefficient (Wildman–Crippen LogP) is 4.04. The van der Waals surface area contributed by atoms with Crippen molar-refractivity contribution < 1.29 is 53.7 Å². The Hall–Kier alpha value is -1.34. The van der Waals surface area contributed by atoms with E-state index < -0.39 is 47.7 Å². The van der Waals surface area contributed by atoms with Gasteiger partial charge in [0.05, 0.1) is 43.7 Å². The number of hydrogen-bond donors (Lipinski definition) is 4. The smallest absolute Gasteiger partial charge is 0.305 e. The number of carbonyl (C=O) groups excluding carboxylic acids is 1. The Morgan fingerprint density at radius 3 is 1.76 bits per heavy atom. The van der Waals surface area contributed by atoms with E-state index in [2.05, 4.69) is 0 Å². The summed E-state index contributed by atoms with van der Waals surface area (Å²) in [4.78, 5) is 23.1. The number of aliphatic hydroxyl groups is 3. The van der Waals surface area contributed by atoms with Gasteiger partial charge in [-0.05, 0) is 63.7 Å². The monoisotopic (exact) mass is 594 g/mol. The second-order valence-corrected chi connectivity index (χ2v) is 12.9. The fourth-order valence-electron chi connectivity index (χ4n) is 4.52. The third-order valence-electron chi connectivity index (χ3n) is 7.15. The number of esters is 1. The van der Waals surface area contributed by atoms with Crippen LogP contribution in [0.25, 0.3) is 0 Å². The van der Waals surface area contributed by atoms with Crippen LogP contribution in [0.15, 0.2) is 0 Å². The zero-order valence-corrected chi connectivity index (χ0v) is 26.8. The molecule has 0 aromatic rings. The van der Waals surface area contributed by atoms with Gasteiger partial charge in [0.2, 0.25) is 0 Å². The number of hydrogen-bond acceptors (Lipinski definition) is 10. The van der Waals surface area contributed by atoms with Gasteiger partial charge in [0, 0.05) is 12.8 Å². The maximum Gasteiger partial charge on any atom is 0.305 e. The molecule has 0 spiro atoms. The largest absolute Gasteiger partial charge is 0.481 e. The van der Waals surface area contributed by atoms with Gasteiger partial charge in [-0.2, -0.15) is 0 Å². The minimum Gasteiger partial charge on any atom is -0.481 e. The zero-order chi connectivity index (χ0) is 31.9. The highest BCUT2D eigenvalue weighted by molar-refractivity contribution is 5.69. The highest BCUT2D eigenvalue weighted by Crippen LogP contribution is 2.42. The Morgan fingerprint density at radius 2 is 1.29 bits per heavy atom. The van der Waals surface area contributed by atoms with E-state index in [0.29, 0.717) is 32.1 Å². The molecule has 41 heavy (non-hydrogen) atoms. The molecule has 5 atom stereocenters. The number of carbonyl (C=O) groups is 2. The molecule has 0 aliphatic carbocycles. The van der Waals surface area contributed by atoms with Crippen LogP contribution in [0, 0.1) is 10.8 Å². The van der Waals surface area contributed by atoms with Crippen molar-refractivity contribution in [2.75, 3.05) is 26.4 Å². The van der Waals surface area contributed by atoms with Crippen molar-refractivity contribution in [1.82, 2.24) is 0 Å². The molecule has 0 heterocycles. The molecular formula is C30H58O11. The minimum absolute atomic E-state index is 0.0156. The van der Waals surface area contributed by atoms with E-state index >= 15 is 0 Å². The van der Waals surface area contributed by atoms with Crippen LogP contribution in [0.5, 0.6) is 0 Å². The van der Waals surface area contributed by atoms with Crippen LogP contribution in [0.4, 0.5) is 0 Å². The molecule has 11 heteroatoms. The van der Waals surface area contributed by atoms with E-state index in [1.54, 1.807) is 0 Å². The molecule has 0 amide bonds. The summed E-state index contributed by atoms with van der Waals surface area (Å²) in [5.74, 6) is -1.40. The lowest BCUT2D eigenvalue weighted by molar-refractivity contribution is -0.278. The second-order valence-electron chi connectivity index (χ2n) is 12.9. The minimum atomic E-state index is -0.996. The van der Waals surface area contributed by atoms with Gasteiger partial charge in [0.15, 0.2) is 12.6 Å². The van der Waals surface area contributed by atoms with Crippen molar-refractivity contribution in [2.45, 2.75) is 144 Å². The van der Waals surface area contributed by atoms with E-state index in [1.165, 1.54) is 0 Å². The van der Waals surface area contributed by atoms with Gasteiger partial charge in [0.1, 0.15) is 6.61 Å². The first-order valence-electron chi connectivity index (χ1n) is 14.8. The number of aliphatic hydroxyl groups excluding tert-OH is 3. The van der Waals surface area contributed by atoms with E-state index in [1.807, 2.05) is 62.3 Å². The third kappa shape index (κ3) is 16.8. The second kappa shape index (κ2) is 19.0. The molecular weight excluding hydrogens is 536 g/mol. The summed E-state index contributed by atoms with van der Waals surface area (Å²) in [5.41, 5.74) is -1.59. The van der Waals surface area contributed by atoms with Gasteiger partial charge < -0.3 is 44.1 Å². The van der Waals surface area contributed by atoms with E-state index in [-0.39, 0.29) is 50.8 Å². The van der Waals surface area contributed by atoms with E-state index in [4.69, 9.17) is 28.8 Å². The molecule has 0 saturated carbocycles. The van der Waals surface area contributed by atoms with Crippen molar-refractivity contribution in [3.05, 3.63) is 0 Å². The van der Waals surface area contributed by atoms with Gasteiger partial charge in [-0.15, -0.1) is 0 Å². The number of aliphatic carboxylic acids is 1. The van der Waals surface area contributed by atoms with Crippen molar-refractivity contribution in [3.63, 3.8) is 0 Å². The summed E-state index contributed by atoms with van der Waals surface area (Å²) in [6.07, 6.45) is -1.02. The Morgan fingerprint density at radius 1 is 0.756 bits per heavy atom. The maximum absolute atomic E-state index is 12.4. The summed E-state index contributed by atoms with van der Waals surface area (Å²) in [7, 11) is 0. The Labute approximate surface area is 246 Å². The first-order valence-corrected chi connectivity index (χ1v) is 14.8. The van der Waals surface area contributed by atoms with Crippen LogP contribution in [-0.2, 0) is 33.3 Å². The average Bonchev–Trinajstić information content (AvgIpc) is 2.86. The number of unbranched alkanes of at least 4 members (excludes halogenated alkanes) is 1. The van der Waals surface area contributed by atoms with E-state index in [9.17, 15) is 24.9 Å². The fourth-order valence-corrected chi connectivity index (χ4v) is 4.52. The molecule has 5 unspecified atom stereocenters. The van der Waals surface area contributed by atoms with Gasteiger partial charge in [0.25, 0.3) is 0 Å². The zero-order valence-electron chi connectivity index (χ0n) is 26.8. The standard InChI is InChI=1S/C30H58O11/c1-10-30(9,29(7,8)16-23(18-32)39-26(19-33)38-21(2)3)41-27(40-22(17-31)15-28(4,5)6)20-37-25(36)14-12-11-13-24(34)35/h21-23,26-27,31-33H,10-20H2,1-9H3,(H,34,35). The SMILES string of the molecule is CCC(C)(OC(COC(=O)CCCCC(=O)O)OC(CO)CC(C)(C)C)C(C)(C)CC(CO)OC(CO)OC(C)C. The molecule has 0 aliphatic heterocycles. The molecule has 0 aromatic heterocycles. The Bertz CT molecular complexity index is 734. The molecule has 0 rings (SSSR count). The highest BCUT2D eigenvalue weighted by Gasteiger charge is 2.45. The first kappa shape index (κ1) is 39.7. The van der Waals surface area contributed by atoms with Crippen LogP contribution < -0.4 is 0 Å². The molecule has 0 fully saturated rings. The lowest BCUT2D eigenvalue weighted by Gasteiger charge is -2.47. The summed E-state index contributed by atoms with van der Waals surface area (Å²) in [6.45, 7) is 16.5. The Balaban J connectivity index is 5.75. The quantitative estimate of drug-likeness (QED) is 0.0768. The predicted molar refractivity (Wildman–Crippen MR) is 154 cm³/mol. The van der Waals surface area contributed by atoms with Crippen LogP contribution in [0.3, 0.4) is 0 Å². The van der Waals surface area contributed by atoms with Gasteiger partial charge in [-0.3, -0.25) is 9.59 Å². The van der Waals surface area contributed by atoms with Crippen molar-refractivity contribution in [1.29, 1.82) is 0 Å². The fraction of sp³-hybridized carbons (Fsp3) is 0.933. The topological polar surface area (TPSA) is 161 Å². The molecule has 0 bridgehead atoms. The summed E-state index contributed by atoms with van der Waals surface area (Å²) < 4.78 is 29.6. The third-order valence-corrected chi connectivity index (χ3v) is 7.15. The van der Waals surface area contributed by atoms with Crippen molar-refractivity contribution in [2.24, 2.45) is 10.8 Å². The van der Waals surface area contributed by atoms with Gasteiger partial charge in [-0.25, -0.2) is 0 Å². The average molecular weight is 595 g/mol. The van der Waals surface area contributed by atoms with Crippen LogP contribution in [-0.4, -0.2) is 95.3 Å². The first-order chi connectivity index (χ1) is 18.9. The summed E-state index contributed by atoms with van der Waals surface area (Å²) in [6, 6.07) is 0. The molecule has 11 nitrogen and oxygen atoms in total. The normalized spacial score (nSPS) is 17.1. The number of carboxylic acids is 1. The van der Waals surface area contributed by atoms with Crippen LogP contribution in [0.1, 0.15) is 107 Å².